The van der Waals surface area contributed by atoms with Gasteiger partial charge >= 0.3 is 0 Å². The molecule has 0 saturated carbocycles. The van der Waals surface area contributed by atoms with E-state index in [4.69, 9.17) is 4.99 Å². The second-order valence-corrected chi connectivity index (χ2v) is 4.67. The van der Waals surface area contributed by atoms with Gasteiger partial charge in [-0.25, -0.2) is 0 Å². The van der Waals surface area contributed by atoms with Gasteiger partial charge in [0, 0.05) is 18.3 Å². The first-order valence-corrected chi connectivity index (χ1v) is 6.33. The average Bonchev–Trinajstić information content (AvgIpc) is 2.82. The molecule has 1 fully saturated rings. The van der Waals surface area contributed by atoms with Crippen LogP contribution in [0.2, 0.25) is 0 Å². The molecule has 1 aliphatic heterocycles. The van der Waals surface area contributed by atoms with Crippen LogP contribution in [0, 0.1) is 0 Å². The number of benzene rings is 1. The Morgan fingerprint density at radius 2 is 2.06 bits per heavy atom. The second kappa shape index (κ2) is 5.67. The average molecular weight is 228 g/mol. The van der Waals surface area contributed by atoms with E-state index >= 15 is 0 Å². The zero-order valence-corrected chi connectivity index (χ0v) is 10.6. The molecule has 0 radical (unpaired) electrons. The maximum absolute atomic E-state index is 4.71. The van der Waals surface area contributed by atoms with Crippen molar-refractivity contribution in [3.05, 3.63) is 47.7 Å². The van der Waals surface area contributed by atoms with E-state index in [0.717, 1.165) is 18.7 Å². The molecule has 1 aromatic rings. The van der Waals surface area contributed by atoms with Crippen molar-refractivity contribution in [1.82, 2.24) is 5.32 Å². The van der Waals surface area contributed by atoms with Crippen molar-refractivity contribution in [1.29, 1.82) is 0 Å². The van der Waals surface area contributed by atoms with Crippen molar-refractivity contribution in [2.45, 2.75) is 32.7 Å². The maximum Gasteiger partial charge on any atom is 0.0666 e. The summed E-state index contributed by atoms with van der Waals surface area (Å²) in [7, 11) is 0. The smallest absolute Gasteiger partial charge is 0.0666 e. The summed E-state index contributed by atoms with van der Waals surface area (Å²) in [6.07, 6.45) is 4.57. The lowest BCUT2D eigenvalue weighted by atomic mass is 10.1. The van der Waals surface area contributed by atoms with Gasteiger partial charge < -0.3 is 5.32 Å². The third-order valence-corrected chi connectivity index (χ3v) is 2.75. The van der Waals surface area contributed by atoms with Crippen LogP contribution >= 0.6 is 0 Å². The lowest BCUT2D eigenvalue weighted by Crippen LogP contribution is -2.08. The van der Waals surface area contributed by atoms with Crippen molar-refractivity contribution in [2.24, 2.45) is 4.99 Å². The van der Waals surface area contributed by atoms with Gasteiger partial charge in [-0.1, -0.05) is 30.3 Å². The van der Waals surface area contributed by atoms with Crippen molar-refractivity contribution in [3.8, 4) is 0 Å². The monoisotopic (exact) mass is 228 g/mol. The molecule has 1 aliphatic rings. The van der Waals surface area contributed by atoms with Gasteiger partial charge in [0.2, 0.25) is 0 Å². The SMILES string of the molecule is CC(C)/N=C(/C=C1\CCCN1)c1ccccc1. The quantitative estimate of drug-likeness (QED) is 0.790. The van der Waals surface area contributed by atoms with Gasteiger partial charge in [-0.15, -0.1) is 0 Å². The normalized spacial score (nSPS) is 18.8. The number of aliphatic imine (C=N–C) groups is 1. The molecule has 0 bridgehead atoms. The Kier molecular flexibility index (Phi) is 3.97. The predicted molar refractivity (Wildman–Crippen MR) is 73.4 cm³/mol. The molecule has 1 aromatic carbocycles. The topological polar surface area (TPSA) is 24.4 Å². The minimum absolute atomic E-state index is 0.323. The molecule has 0 atom stereocenters. The Balaban J connectivity index is 2.29. The predicted octanol–water partition coefficient (Wildman–Crippen LogP) is 3.15. The summed E-state index contributed by atoms with van der Waals surface area (Å²) < 4.78 is 0. The van der Waals surface area contributed by atoms with E-state index in [-0.39, 0.29) is 0 Å². The van der Waals surface area contributed by atoms with Crippen LogP contribution in [-0.4, -0.2) is 18.3 Å². The van der Waals surface area contributed by atoms with Crippen LogP contribution in [0.3, 0.4) is 0 Å². The zero-order valence-electron chi connectivity index (χ0n) is 10.6. The first-order valence-electron chi connectivity index (χ1n) is 6.33. The van der Waals surface area contributed by atoms with E-state index in [0.29, 0.717) is 6.04 Å². The standard InChI is InChI=1S/C15H20N2/c1-12(2)17-15(11-14-9-6-10-16-14)13-7-4-3-5-8-13/h3-5,7-8,11-12,16H,6,9-10H2,1-2H3/b14-11+,17-15-. The largest absolute Gasteiger partial charge is 0.388 e. The molecule has 1 N–H and O–H groups in total. The van der Waals surface area contributed by atoms with Crippen LogP contribution in [0.4, 0.5) is 0 Å². The molecule has 2 rings (SSSR count). The Morgan fingerprint density at radius 1 is 1.29 bits per heavy atom. The van der Waals surface area contributed by atoms with Gasteiger partial charge in [-0.2, -0.15) is 0 Å². The first-order chi connectivity index (χ1) is 8.25. The summed E-state index contributed by atoms with van der Waals surface area (Å²) in [5.41, 5.74) is 3.60. The van der Waals surface area contributed by atoms with Gasteiger partial charge in [0.1, 0.15) is 0 Å². The highest BCUT2D eigenvalue weighted by Gasteiger charge is 2.08. The molecule has 17 heavy (non-hydrogen) atoms. The van der Waals surface area contributed by atoms with Crippen LogP contribution in [-0.2, 0) is 0 Å². The van der Waals surface area contributed by atoms with Crippen molar-refractivity contribution in [2.75, 3.05) is 6.54 Å². The van der Waals surface area contributed by atoms with Gasteiger partial charge in [0.25, 0.3) is 0 Å². The molecule has 0 amide bonds. The fourth-order valence-electron chi connectivity index (χ4n) is 1.99. The van der Waals surface area contributed by atoms with Crippen LogP contribution < -0.4 is 5.32 Å². The molecule has 2 nitrogen and oxygen atoms in total. The maximum atomic E-state index is 4.71. The number of hydrogen-bond acceptors (Lipinski definition) is 2. The van der Waals surface area contributed by atoms with E-state index < -0.39 is 0 Å². The first kappa shape index (κ1) is 11.9. The number of rotatable bonds is 3. The molecular formula is C15H20N2. The minimum Gasteiger partial charge on any atom is -0.388 e. The Morgan fingerprint density at radius 3 is 2.65 bits per heavy atom. The van der Waals surface area contributed by atoms with E-state index in [2.05, 4.69) is 49.5 Å². The van der Waals surface area contributed by atoms with E-state index in [1.165, 1.54) is 17.7 Å². The Bertz CT molecular complexity index is 408. The highest BCUT2D eigenvalue weighted by atomic mass is 14.9. The molecular weight excluding hydrogens is 208 g/mol. The third kappa shape index (κ3) is 3.45. The molecule has 0 aromatic heterocycles. The molecule has 1 saturated heterocycles. The molecule has 90 valence electrons. The third-order valence-electron chi connectivity index (χ3n) is 2.75. The molecule has 0 unspecified atom stereocenters. The van der Waals surface area contributed by atoms with Crippen molar-refractivity contribution < 1.29 is 0 Å². The highest BCUT2D eigenvalue weighted by Crippen LogP contribution is 2.12. The molecule has 0 aliphatic carbocycles. The van der Waals surface area contributed by atoms with Gasteiger partial charge in [0.15, 0.2) is 0 Å². The van der Waals surface area contributed by atoms with Crippen LogP contribution in [0.25, 0.3) is 0 Å². The lowest BCUT2D eigenvalue weighted by molar-refractivity contribution is 0.837. The van der Waals surface area contributed by atoms with Crippen molar-refractivity contribution in [3.63, 3.8) is 0 Å². The van der Waals surface area contributed by atoms with Gasteiger partial charge in [0.05, 0.1) is 5.71 Å². The minimum atomic E-state index is 0.323. The van der Waals surface area contributed by atoms with Crippen molar-refractivity contribution >= 4 is 5.71 Å². The number of nitrogens with one attached hydrogen (secondary N) is 1. The van der Waals surface area contributed by atoms with Gasteiger partial charge in [-0.05, 0) is 38.3 Å². The van der Waals surface area contributed by atoms with Crippen LogP contribution in [0.1, 0.15) is 32.3 Å². The summed E-state index contributed by atoms with van der Waals surface area (Å²) in [5.74, 6) is 0. The Hall–Kier alpha value is -1.57. The van der Waals surface area contributed by atoms with Crippen LogP contribution in [0.5, 0.6) is 0 Å². The molecule has 0 spiro atoms. The molecule has 1 heterocycles. The van der Waals surface area contributed by atoms with Crippen LogP contribution in [0.15, 0.2) is 47.1 Å². The number of nitrogens with zero attached hydrogens (tertiary/aromatic N) is 1. The van der Waals surface area contributed by atoms with E-state index in [9.17, 15) is 0 Å². The Labute approximate surface area is 103 Å². The summed E-state index contributed by atoms with van der Waals surface area (Å²) in [6, 6.07) is 10.7. The fraction of sp³-hybridized carbons (Fsp3) is 0.400. The summed E-state index contributed by atoms with van der Waals surface area (Å²) in [5, 5.41) is 3.41. The zero-order chi connectivity index (χ0) is 12.1. The summed E-state index contributed by atoms with van der Waals surface area (Å²) in [4.78, 5) is 4.71. The summed E-state index contributed by atoms with van der Waals surface area (Å²) in [6.45, 7) is 5.32. The fourth-order valence-corrected chi connectivity index (χ4v) is 1.99. The summed E-state index contributed by atoms with van der Waals surface area (Å²) >= 11 is 0. The van der Waals surface area contributed by atoms with E-state index in [1.807, 2.05) is 6.07 Å². The highest BCUT2D eigenvalue weighted by molar-refractivity contribution is 6.09. The lowest BCUT2D eigenvalue weighted by Gasteiger charge is -2.06. The van der Waals surface area contributed by atoms with E-state index in [1.54, 1.807) is 0 Å². The molecule has 2 heteroatoms. The van der Waals surface area contributed by atoms with Gasteiger partial charge in [-0.3, -0.25) is 4.99 Å². The second-order valence-electron chi connectivity index (χ2n) is 4.67. The number of hydrogen-bond donors (Lipinski definition) is 1. The number of allylic oxidation sites excluding steroid dienone is 2.